The first-order valence-corrected chi connectivity index (χ1v) is 8.42. The summed E-state index contributed by atoms with van der Waals surface area (Å²) in [6.07, 6.45) is 3.71. The lowest BCUT2D eigenvalue weighted by atomic mass is 9.77. The van der Waals surface area contributed by atoms with Crippen molar-refractivity contribution in [3.8, 4) is 0 Å². The molecular weight excluding hydrogens is 322 g/mol. The minimum atomic E-state index is -0.442. The average molecular weight is 345 g/mol. The van der Waals surface area contributed by atoms with E-state index in [9.17, 15) is 0 Å². The Hall–Kier alpha value is -1.40. The van der Waals surface area contributed by atoms with E-state index >= 15 is 0 Å². The summed E-state index contributed by atoms with van der Waals surface area (Å²) in [4.78, 5) is 4.37. The predicted octanol–water partition coefficient (Wildman–Crippen LogP) is 3.86. The van der Waals surface area contributed by atoms with Crippen LogP contribution in [0.5, 0.6) is 0 Å². The first kappa shape index (κ1) is 17.4. The number of nitrogens with two attached hydrogens (primary N) is 1. The maximum atomic E-state index is 6.19. The van der Waals surface area contributed by atoms with Crippen LogP contribution in [-0.4, -0.2) is 29.8 Å². The molecule has 0 bridgehead atoms. The van der Waals surface area contributed by atoms with Gasteiger partial charge in [0.05, 0.1) is 21.7 Å². The molecule has 1 saturated heterocycles. The van der Waals surface area contributed by atoms with Gasteiger partial charge in [0.15, 0.2) is 0 Å². The number of hydrogen-bond acceptors (Lipinski definition) is 4. The van der Waals surface area contributed by atoms with Crippen LogP contribution >= 0.6 is 11.6 Å². The fourth-order valence-electron chi connectivity index (χ4n) is 2.65. The summed E-state index contributed by atoms with van der Waals surface area (Å²) in [6.45, 7) is 8.48. The summed E-state index contributed by atoms with van der Waals surface area (Å²) in [6, 6.07) is 7.74. The molecule has 2 heterocycles. The van der Waals surface area contributed by atoms with Gasteiger partial charge in [-0.05, 0) is 50.9 Å². The molecule has 0 saturated carbocycles. The van der Waals surface area contributed by atoms with Gasteiger partial charge in [-0.15, -0.1) is 0 Å². The lowest BCUT2D eigenvalue weighted by molar-refractivity contribution is 0.00578. The van der Waals surface area contributed by atoms with Crippen molar-refractivity contribution in [1.82, 2.24) is 4.98 Å². The van der Waals surface area contributed by atoms with E-state index < -0.39 is 7.12 Å². The van der Waals surface area contributed by atoms with Crippen LogP contribution in [0.25, 0.3) is 17.0 Å². The van der Waals surface area contributed by atoms with Gasteiger partial charge in [-0.2, -0.15) is 0 Å². The van der Waals surface area contributed by atoms with E-state index in [-0.39, 0.29) is 11.2 Å². The Kier molecular flexibility index (Phi) is 4.47. The topological polar surface area (TPSA) is 57.4 Å². The summed E-state index contributed by atoms with van der Waals surface area (Å²) in [5.74, 6) is 0. The van der Waals surface area contributed by atoms with Gasteiger partial charge in [-0.1, -0.05) is 29.8 Å². The number of fused-ring (bicyclic) bond motifs is 1. The van der Waals surface area contributed by atoms with Crippen LogP contribution in [0, 0.1) is 0 Å². The van der Waals surface area contributed by atoms with Gasteiger partial charge in [0.1, 0.15) is 0 Å². The highest BCUT2D eigenvalue weighted by molar-refractivity contribution is 6.55. The first-order chi connectivity index (χ1) is 11.2. The van der Waals surface area contributed by atoms with Gasteiger partial charge in [0.25, 0.3) is 0 Å². The van der Waals surface area contributed by atoms with Crippen molar-refractivity contribution < 1.29 is 9.31 Å². The van der Waals surface area contributed by atoms with E-state index in [0.717, 1.165) is 21.9 Å². The second kappa shape index (κ2) is 6.15. The molecule has 1 fully saturated rings. The summed E-state index contributed by atoms with van der Waals surface area (Å²) in [5, 5.41) is 1.63. The molecule has 1 aromatic carbocycles. The smallest absolute Gasteiger partial charge is 0.400 e. The van der Waals surface area contributed by atoms with Gasteiger partial charge in [-0.25, -0.2) is 0 Å². The molecule has 0 amide bonds. The highest BCUT2D eigenvalue weighted by Gasteiger charge is 2.52. The molecule has 3 rings (SSSR count). The Balaban J connectivity index is 1.94. The number of benzene rings is 1. The molecule has 0 radical (unpaired) electrons. The van der Waals surface area contributed by atoms with Crippen molar-refractivity contribution in [2.75, 3.05) is 6.54 Å². The zero-order chi connectivity index (χ0) is 17.5. The zero-order valence-corrected chi connectivity index (χ0v) is 15.2. The Morgan fingerprint density at radius 1 is 1.21 bits per heavy atom. The largest absolute Gasteiger partial charge is 0.491 e. The van der Waals surface area contributed by atoms with Crippen molar-refractivity contribution in [3.63, 3.8) is 0 Å². The van der Waals surface area contributed by atoms with E-state index in [4.69, 9.17) is 26.6 Å². The van der Waals surface area contributed by atoms with Gasteiger partial charge >= 0.3 is 7.12 Å². The quantitative estimate of drug-likeness (QED) is 0.859. The Morgan fingerprint density at radius 3 is 2.50 bits per heavy atom. The van der Waals surface area contributed by atoms with Crippen molar-refractivity contribution in [2.45, 2.75) is 38.9 Å². The Morgan fingerprint density at radius 2 is 1.88 bits per heavy atom. The number of aromatic nitrogens is 1. The molecule has 0 unspecified atom stereocenters. The summed E-state index contributed by atoms with van der Waals surface area (Å²) in [7, 11) is -0.442. The van der Waals surface area contributed by atoms with E-state index in [1.165, 1.54) is 0 Å². The van der Waals surface area contributed by atoms with E-state index in [0.29, 0.717) is 11.6 Å². The maximum Gasteiger partial charge on any atom is 0.491 e. The molecule has 1 aliphatic heterocycles. The second-order valence-corrected chi connectivity index (χ2v) is 7.49. The normalized spacial score (nSPS) is 19.9. The maximum absolute atomic E-state index is 6.19. The number of nitrogens with zero attached hydrogens (tertiary/aromatic N) is 1. The highest BCUT2D eigenvalue weighted by atomic mass is 35.5. The van der Waals surface area contributed by atoms with Crippen molar-refractivity contribution in [2.24, 2.45) is 5.73 Å². The molecule has 0 aliphatic carbocycles. The van der Waals surface area contributed by atoms with Crippen LogP contribution in [0.1, 0.15) is 33.3 Å². The van der Waals surface area contributed by atoms with Crippen LogP contribution in [-0.2, 0) is 9.31 Å². The molecule has 2 aromatic rings. The Bertz CT molecular complexity index is 789. The standard InChI is InChI=1S/C18H22BClN2O2/c1-17(2)18(3,4)24-19(23-17)13(11-21)9-12-5-6-14-15(20)7-8-22-16(14)10-12/h5-10H,11,21H2,1-4H3. The number of halogens is 1. The van der Waals surface area contributed by atoms with Gasteiger partial charge < -0.3 is 15.0 Å². The fraction of sp³-hybridized carbons (Fsp3) is 0.389. The van der Waals surface area contributed by atoms with Crippen LogP contribution in [0.3, 0.4) is 0 Å². The molecule has 0 spiro atoms. The summed E-state index contributed by atoms with van der Waals surface area (Å²) in [5.41, 5.74) is 7.92. The fourth-order valence-corrected chi connectivity index (χ4v) is 2.87. The molecule has 1 aromatic heterocycles. The van der Waals surface area contributed by atoms with Gasteiger partial charge in [0, 0.05) is 18.1 Å². The third-order valence-corrected chi connectivity index (χ3v) is 5.19. The molecule has 1 aliphatic rings. The molecular formula is C18H22BClN2O2. The van der Waals surface area contributed by atoms with Crippen molar-refractivity contribution in [1.29, 1.82) is 0 Å². The monoisotopic (exact) mass is 344 g/mol. The Labute approximate surface area is 148 Å². The van der Waals surface area contributed by atoms with Gasteiger partial charge in [-0.3, -0.25) is 4.98 Å². The van der Waals surface area contributed by atoms with Crippen LogP contribution in [0.15, 0.2) is 35.9 Å². The van der Waals surface area contributed by atoms with Crippen LogP contribution in [0.2, 0.25) is 5.02 Å². The molecule has 0 atom stereocenters. The number of rotatable bonds is 3. The van der Waals surface area contributed by atoms with Crippen LogP contribution < -0.4 is 5.73 Å². The summed E-state index contributed by atoms with van der Waals surface area (Å²) >= 11 is 6.19. The molecule has 126 valence electrons. The lowest BCUT2D eigenvalue weighted by Gasteiger charge is -2.32. The SMILES string of the molecule is CC1(C)OB(C(=Cc2ccc3c(Cl)ccnc3c2)CN)OC1(C)C. The van der Waals surface area contributed by atoms with Crippen molar-refractivity contribution in [3.05, 3.63) is 46.5 Å². The minimum absolute atomic E-state index is 0.359. The molecule has 6 heteroatoms. The van der Waals surface area contributed by atoms with E-state index in [1.54, 1.807) is 12.3 Å². The molecule has 2 N–H and O–H groups in total. The first-order valence-electron chi connectivity index (χ1n) is 8.04. The average Bonchev–Trinajstić information content (AvgIpc) is 2.73. The highest BCUT2D eigenvalue weighted by Crippen LogP contribution is 2.38. The van der Waals surface area contributed by atoms with Gasteiger partial charge in [0.2, 0.25) is 0 Å². The predicted molar refractivity (Wildman–Crippen MR) is 99.9 cm³/mol. The molecule has 24 heavy (non-hydrogen) atoms. The third kappa shape index (κ3) is 3.09. The third-order valence-electron chi connectivity index (χ3n) is 4.86. The van der Waals surface area contributed by atoms with E-state index in [1.807, 2.05) is 52.0 Å². The minimum Gasteiger partial charge on any atom is -0.400 e. The number of pyridine rings is 1. The zero-order valence-electron chi connectivity index (χ0n) is 14.5. The second-order valence-electron chi connectivity index (χ2n) is 7.08. The summed E-state index contributed by atoms with van der Waals surface area (Å²) < 4.78 is 12.2. The van der Waals surface area contributed by atoms with E-state index in [2.05, 4.69) is 4.98 Å². The van der Waals surface area contributed by atoms with Crippen LogP contribution in [0.4, 0.5) is 0 Å². The lowest BCUT2D eigenvalue weighted by Crippen LogP contribution is -2.41. The molecule has 4 nitrogen and oxygen atoms in total. The number of hydrogen-bond donors (Lipinski definition) is 1. The van der Waals surface area contributed by atoms with Crippen molar-refractivity contribution >= 4 is 35.7 Å².